The first-order valence-electron chi connectivity index (χ1n) is 6.48. The van der Waals surface area contributed by atoms with Crippen molar-refractivity contribution in [3.8, 4) is 0 Å². The Morgan fingerprint density at radius 2 is 2.23 bits per heavy atom. The van der Waals surface area contributed by atoms with E-state index in [0.29, 0.717) is 22.9 Å². The van der Waals surface area contributed by atoms with E-state index in [1.165, 1.54) is 6.26 Å². The second-order valence-corrected chi connectivity index (χ2v) is 4.93. The van der Waals surface area contributed by atoms with Crippen molar-refractivity contribution in [3.63, 3.8) is 0 Å². The second-order valence-electron chi connectivity index (χ2n) is 4.50. The summed E-state index contributed by atoms with van der Waals surface area (Å²) in [7, 11) is 1.59. The number of ether oxygens (including phenoxy) is 1. The number of amides is 1. The molecule has 1 amide bonds. The number of carbonyl (C=O) groups excluding carboxylic acids is 1. The summed E-state index contributed by atoms with van der Waals surface area (Å²) in [5, 5.41) is 3.43. The third kappa shape index (κ3) is 4.74. The van der Waals surface area contributed by atoms with E-state index in [9.17, 15) is 4.79 Å². The van der Waals surface area contributed by atoms with Gasteiger partial charge in [0.25, 0.3) is 5.91 Å². The highest BCUT2D eigenvalue weighted by molar-refractivity contribution is 6.30. The molecular weight excluding hydrogens is 327 g/mol. The van der Waals surface area contributed by atoms with Crippen LogP contribution < -0.4 is 11.1 Å². The van der Waals surface area contributed by atoms with Gasteiger partial charge in [-0.1, -0.05) is 23.7 Å². The minimum absolute atomic E-state index is 0. The zero-order valence-electron chi connectivity index (χ0n) is 12.0. The highest BCUT2D eigenvalue weighted by Gasteiger charge is 2.14. The third-order valence-corrected chi connectivity index (χ3v) is 3.31. The maximum Gasteiger partial charge on any atom is 0.254 e. The topological polar surface area (TPSA) is 77.5 Å². The predicted molar refractivity (Wildman–Crippen MR) is 87.4 cm³/mol. The van der Waals surface area contributed by atoms with Gasteiger partial charge in [0.05, 0.1) is 18.2 Å². The van der Waals surface area contributed by atoms with E-state index in [1.807, 2.05) is 18.2 Å². The molecule has 1 unspecified atom stereocenters. The molecule has 22 heavy (non-hydrogen) atoms. The maximum absolute atomic E-state index is 12.0. The lowest BCUT2D eigenvalue weighted by molar-refractivity contribution is 0.0827. The lowest BCUT2D eigenvalue weighted by atomic mass is 10.1. The summed E-state index contributed by atoms with van der Waals surface area (Å²) >= 11 is 5.96. The summed E-state index contributed by atoms with van der Waals surface area (Å²) in [6.07, 6.45) is 1.12. The molecule has 2 aromatic rings. The molecule has 7 heteroatoms. The molecule has 0 saturated heterocycles. The minimum Gasteiger partial charge on any atom is -0.467 e. The van der Waals surface area contributed by atoms with E-state index in [0.717, 1.165) is 5.56 Å². The number of nitrogens with one attached hydrogen (secondary N) is 1. The first kappa shape index (κ1) is 18.5. The van der Waals surface area contributed by atoms with E-state index in [-0.39, 0.29) is 31.0 Å². The third-order valence-electron chi connectivity index (χ3n) is 3.07. The van der Waals surface area contributed by atoms with Gasteiger partial charge in [0.15, 0.2) is 0 Å². The number of nitrogens with two attached hydrogens (primary N) is 1. The van der Waals surface area contributed by atoms with Crippen LogP contribution in [0.25, 0.3) is 0 Å². The lowest BCUT2D eigenvalue weighted by Crippen LogP contribution is -2.28. The zero-order chi connectivity index (χ0) is 15.2. The van der Waals surface area contributed by atoms with Crippen LogP contribution in [0.3, 0.4) is 0 Å². The summed E-state index contributed by atoms with van der Waals surface area (Å²) < 4.78 is 10.5. The van der Waals surface area contributed by atoms with Crippen LogP contribution in [0, 0.1) is 0 Å². The highest BCUT2D eigenvalue weighted by atomic mass is 35.5. The van der Waals surface area contributed by atoms with Crippen molar-refractivity contribution >= 4 is 29.9 Å². The Morgan fingerprint density at radius 1 is 1.45 bits per heavy atom. The quantitative estimate of drug-likeness (QED) is 0.844. The van der Waals surface area contributed by atoms with Crippen LogP contribution in [0.1, 0.15) is 27.8 Å². The molecule has 5 nitrogen and oxygen atoms in total. The van der Waals surface area contributed by atoms with Crippen LogP contribution in [0.5, 0.6) is 0 Å². The summed E-state index contributed by atoms with van der Waals surface area (Å²) in [5.74, 6) is 0.334. The highest BCUT2D eigenvalue weighted by Crippen LogP contribution is 2.20. The predicted octanol–water partition coefficient (Wildman–Crippen LogP) is 2.93. The molecule has 0 saturated carbocycles. The van der Waals surface area contributed by atoms with Crippen molar-refractivity contribution < 1.29 is 13.9 Å². The molecular formula is C15H18Cl2N2O3. The van der Waals surface area contributed by atoms with E-state index >= 15 is 0 Å². The maximum atomic E-state index is 12.0. The van der Waals surface area contributed by atoms with E-state index in [2.05, 4.69) is 5.32 Å². The number of hydrogen-bond acceptors (Lipinski definition) is 4. The molecule has 0 fully saturated rings. The van der Waals surface area contributed by atoms with Crippen molar-refractivity contribution in [2.75, 3.05) is 13.7 Å². The van der Waals surface area contributed by atoms with Crippen LogP contribution in [-0.2, 0) is 11.3 Å². The van der Waals surface area contributed by atoms with E-state index in [4.69, 9.17) is 26.5 Å². The van der Waals surface area contributed by atoms with Crippen molar-refractivity contribution in [2.45, 2.75) is 12.6 Å². The van der Waals surface area contributed by atoms with Crippen molar-refractivity contribution in [2.24, 2.45) is 5.73 Å². The van der Waals surface area contributed by atoms with E-state index < -0.39 is 0 Å². The average molecular weight is 345 g/mol. The van der Waals surface area contributed by atoms with Crippen molar-refractivity contribution in [1.82, 2.24) is 5.32 Å². The molecule has 0 aliphatic rings. The molecule has 1 heterocycles. The van der Waals surface area contributed by atoms with Crippen LogP contribution in [0.2, 0.25) is 5.02 Å². The van der Waals surface area contributed by atoms with Crippen LogP contribution >= 0.6 is 24.0 Å². The van der Waals surface area contributed by atoms with Gasteiger partial charge < -0.3 is 20.2 Å². The molecule has 1 aromatic carbocycles. The monoisotopic (exact) mass is 344 g/mol. The fourth-order valence-corrected chi connectivity index (χ4v) is 2.14. The number of benzene rings is 1. The number of halogens is 2. The van der Waals surface area contributed by atoms with Crippen LogP contribution in [0.15, 0.2) is 41.0 Å². The first-order valence-corrected chi connectivity index (χ1v) is 6.85. The molecule has 0 radical (unpaired) electrons. The second kappa shape index (κ2) is 8.80. The fourth-order valence-electron chi connectivity index (χ4n) is 1.94. The summed E-state index contributed by atoms with van der Waals surface area (Å²) in [4.78, 5) is 12.0. The Labute approximate surface area is 140 Å². The molecule has 2 rings (SSSR count). The van der Waals surface area contributed by atoms with Gasteiger partial charge in [-0.3, -0.25) is 4.79 Å². The summed E-state index contributed by atoms with van der Waals surface area (Å²) in [6, 6.07) is 8.96. The molecule has 0 bridgehead atoms. The average Bonchev–Trinajstić information content (AvgIpc) is 2.97. The van der Waals surface area contributed by atoms with E-state index in [1.54, 1.807) is 19.2 Å². The van der Waals surface area contributed by atoms with Gasteiger partial charge in [-0.25, -0.2) is 0 Å². The molecule has 3 N–H and O–H groups in total. The Balaban J connectivity index is 0.00000242. The Hall–Kier alpha value is -1.53. The Bertz CT molecular complexity index is 616. The molecule has 0 aliphatic carbocycles. The van der Waals surface area contributed by atoms with Crippen LogP contribution in [0.4, 0.5) is 0 Å². The molecule has 0 aliphatic heterocycles. The van der Waals surface area contributed by atoms with Crippen molar-refractivity contribution in [1.29, 1.82) is 0 Å². The van der Waals surface area contributed by atoms with Gasteiger partial charge in [-0.05, 0) is 23.8 Å². The SMILES string of the molecule is COC(CNC(=O)c1coc(CN)c1)c1cccc(Cl)c1.Cl. The van der Waals surface area contributed by atoms with Gasteiger partial charge in [-0.2, -0.15) is 0 Å². The number of hydrogen-bond donors (Lipinski definition) is 2. The minimum atomic E-state index is -0.270. The normalized spacial score (nSPS) is 11.6. The summed E-state index contributed by atoms with van der Waals surface area (Å²) in [5.41, 5.74) is 6.78. The molecule has 120 valence electrons. The number of carbonyl (C=O) groups is 1. The number of methoxy groups -OCH3 is 1. The van der Waals surface area contributed by atoms with Gasteiger partial charge in [0, 0.05) is 18.7 Å². The zero-order valence-corrected chi connectivity index (χ0v) is 13.6. The number of furan rings is 1. The molecule has 1 aromatic heterocycles. The number of rotatable bonds is 6. The van der Waals surface area contributed by atoms with Gasteiger partial charge in [0.2, 0.25) is 0 Å². The van der Waals surface area contributed by atoms with Crippen molar-refractivity contribution in [3.05, 3.63) is 58.5 Å². The molecule has 0 spiro atoms. The standard InChI is InChI=1S/C15H17ClN2O3.ClH/c1-20-14(10-3-2-4-12(16)5-10)8-18-15(19)11-6-13(7-17)21-9-11;/h2-6,9,14H,7-8,17H2,1H3,(H,18,19);1H. The van der Waals surface area contributed by atoms with Crippen LogP contribution in [-0.4, -0.2) is 19.6 Å². The Kier molecular flexibility index (Phi) is 7.41. The smallest absolute Gasteiger partial charge is 0.254 e. The fraction of sp³-hybridized carbons (Fsp3) is 0.267. The van der Waals surface area contributed by atoms with Gasteiger partial charge in [-0.15, -0.1) is 12.4 Å². The summed E-state index contributed by atoms with van der Waals surface area (Å²) in [6.45, 7) is 0.593. The molecule has 1 atom stereocenters. The lowest BCUT2D eigenvalue weighted by Gasteiger charge is -2.16. The largest absolute Gasteiger partial charge is 0.467 e. The first-order chi connectivity index (χ1) is 10.1. The van der Waals surface area contributed by atoms with Gasteiger partial charge in [0.1, 0.15) is 12.0 Å². The van der Waals surface area contributed by atoms with Gasteiger partial charge >= 0.3 is 0 Å². The Morgan fingerprint density at radius 3 is 2.82 bits per heavy atom.